The number of benzene rings is 2. The average Bonchev–Trinajstić information content (AvgIpc) is 3.59. The van der Waals surface area contributed by atoms with Crippen molar-refractivity contribution in [2.45, 2.75) is 44.1 Å². The normalized spacial score (nSPS) is 22.4. The monoisotopic (exact) mass is 405 g/mol. The smallest absolute Gasteiger partial charge is 0.272 e. The minimum Gasteiger partial charge on any atom is -0.341 e. The zero-order valence-electron chi connectivity index (χ0n) is 16.6. The number of hydrogen-bond acceptors (Lipinski definition) is 2. The molecule has 2 atom stereocenters. The summed E-state index contributed by atoms with van der Waals surface area (Å²) in [6.45, 7) is 2.05. The Morgan fingerprint density at radius 1 is 1.20 bits per heavy atom. The second-order valence-corrected chi connectivity index (χ2v) is 8.88. The highest BCUT2D eigenvalue weighted by atomic mass is 19.1. The van der Waals surface area contributed by atoms with E-state index in [1.807, 2.05) is 12.1 Å². The molecule has 2 aromatic carbocycles. The number of aryl methyl sites for hydroxylation is 1. The fourth-order valence-electron chi connectivity index (χ4n) is 5.11. The van der Waals surface area contributed by atoms with Crippen molar-refractivity contribution in [2.75, 3.05) is 0 Å². The van der Waals surface area contributed by atoms with Gasteiger partial charge in [0.25, 0.3) is 5.91 Å². The van der Waals surface area contributed by atoms with Crippen molar-refractivity contribution < 1.29 is 13.6 Å². The van der Waals surface area contributed by atoms with Crippen LogP contribution in [0.5, 0.6) is 0 Å². The van der Waals surface area contributed by atoms with Gasteiger partial charge in [0, 0.05) is 17.5 Å². The number of hydrogen-bond donors (Lipinski definition) is 1. The second-order valence-electron chi connectivity index (χ2n) is 8.88. The van der Waals surface area contributed by atoms with Gasteiger partial charge in [-0.25, -0.2) is 13.5 Å². The molecule has 0 unspecified atom stereocenters. The Balaban J connectivity index is 1.39. The van der Waals surface area contributed by atoms with Gasteiger partial charge in [0.1, 0.15) is 11.5 Å². The van der Waals surface area contributed by atoms with Crippen LogP contribution in [0.15, 0.2) is 42.5 Å². The molecule has 4 nitrogen and oxygen atoms in total. The van der Waals surface area contributed by atoms with Crippen LogP contribution >= 0.6 is 0 Å². The largest absolute Gasteiger partial charge is 0.341 e. The van der Waals surface area contributed by atoms with Crippen LogP contribution in [0.25, 0.3) is 5.69 Å². The van der Waals surface area contributed by atoms with Gasteiger partial charge in [-0.1, -0.05) is 24.3 Å². The number of carbonyl (C=O) groups is 1. The first-order valence-electron chi connectivity index (χ1n) is 10.4. The van der Waals surface area contributed by atoms with E-state index in [9.17, 15) is 13.6 Å². The number of rotatable bonds is 4. The van der Waals surface area contributed by atoms with Gasteiger partial charge in [0.2, 0.25) is 0 Å². The molecule has 1 N–H and O–H groups in total. The van der Waals surface area contributed by atoms with E-state index in [4.69, 9.17) is 0 Å². The molecule has 1 heterocycles. The molecule has 3 aliphatic rings. The summed E-state index contributed by atoms with van der Waals surface area (Å²) in [7, 11) is 0. The predicted molar refractivity (Wildman–Crippen MR) is 108 cm³/mol. The Morgan fingerprint density at radius 3 is 2.73 bits per heavy atom. The molecule has 0 aliphatic heterocycles. The third-order valence-corrected chi connectivity index (χ3v) is 6.88. The molecule has 0 bridgehead atoms. The molecule has 30 heavy (non-hydrogen) atoms. The minimum atomic E-state index is -0.671. The molecule has 0 radical (unpaired) electrons. The van der Waals surface area contributed by atoms with E-state index in [-0.39, 0.29) is 17.1 Å². The summed E-state index contributed by atoms with van der Waals surface area (Å²) in [5.41, 5.74) is 4.35. The lowest BCUT2D eigenvalue weighted by Gasteiger charge is -2.19. The van der Waals surface area contributed by atoms with Crippen molar-refractivity contribution in [2.24, 2.45) is 5.92 Å². The fourth-order valence-corrected chi connectivity index (χ4v) is 5.11. The van der Waals surface area contributed by atoms with Crippen molar-refractivity contribution in [3.8, 4) is 5.69 Å². The third kappa shape index (κ3) is 2.56. The Labute approximate surface area is 172 Å². The number of aromatic nitrogens is 2. The topological polar surface area (TPSA) is 46.9 Å². The molecule has 6 rings (SSSR count). The lowest BCUT2D eigenvalue weighted by atomic mass is 9.99. The van der Waals surface area contributed by atoms with Crippen LogP contribution in [0, 0.1) is 24.5 Å². The minimum absolute atomic E-state index is 0.194. The summed E-state index contributed by atoms with van der Waals surface area (Å²) in [5.74, 6) is -0.698. The summed E-state index contributed by atoms with van der Waals surface area (Å²) in [6, 6.07) is 11.6. The van der Waals surface area contributed by atoms with Crippen molar-refractivity contribution in [1.82, 2.24) is 15.1 Å². The molecule has 3 aliphatic carbocycles. The molecule has 0 saturated heterocycles. The summed E-state index contributed by atoms with van der Waals surface area (Å²) in [4.78, 5) is 13.3. The number of halogens is 2. The summed E-state index contributed by atoms with van der Waals surface area (Å²) in [6.07, 6.45) is 3.62. The van der Waals surface area contributed by atoms with Crippen LogP contribution in [0.1, 0.15) is 58.1 Å². The Morgan fingerprint density at radius 2 is 2.00 bits per heavy atom. The van der Waals surface area contributed by atoms with Gasteiger partial charge in [-0.05, 0) is 61.8 Å². The maximum Gasteiger partial charge on any atom is 0.272 e. The van der Waals surface area contributed by atoms with Gasteiger partial charge < -0.3 is 5.32 Å². The number of carbonyl (C=O) groups excluding carboxylic acids is 1. The fraction of sp³-hybridized carbons (Fsp3) is 0.333. The zero-order valence-corrected chi connectivity index (χ0v) is 16.6. The Hall–Kier alpha value is -3.02. The van der Waals surface area contributed by atoms with Crippen LogP contribution in [0.4, 0.5) is 8.78 Å². The lowest BCUT2D eigenvalue weighted by Crippen LogP contribution is -2.36. The van der Waals surface area contributed by atoms with Crippen LogP contribution in [-0.2, 0) is 12.0 Å². The molecule has 1 amide bonds. The van der Waals surface area contributed by atoms with Gasteiger partial charge in [-0.3, -0.25) is 4.79 Å². The maximum absolute atomic E-state index is 14.5. The van der Waals surface area contributed by atoms with Crippen LogP contribution in [0.3, 0.4) is 0 Å². The highest BCUT2D eigenvalue weighted by Gasteiger charge is 2.52. The van der Waals surface area contributed by atoms with E-state index < -0.39 is 11.6 Å². The third-order valence-electron chi connectivity index (χ3n) is 6.88. The first-order valence-corrected chi connectivity index (χ1v) is 10.4. The predicted octanol–water partition coefficient (Wildman–Crippen LogP) is 4.54. The summed E-state index contributed by atoms with van der Waals surface area (Å²) in [5, 5.41) is 7.76. The van der Waals surface area contributed by atoms with Crippen molar-refractivity contribution >= 4 is 5.91 Å². The van der Waals surface area contributed by atoms with E-state index in [1.54, 1.807) is 0 Å². The number of nitrogens with one attached hydrogen (secondary N) is 1. The van der Waals surface area contributed by atoms with E-state index in [0.717, 1.165) is 54.1 Å². The highest BCUT2D eigenvalue weighted by molar-refractivity contribution is 5.95. The standard InChI is InChI=1S/C24H21F2N3O/c1-13-4-2-3-5-18(13)24(8-9-24)27-23(30)21-17-11-14-10-16(14)22(17)29(28-21)20-7-6-15(25)12-19(20)26/h2-7,12,14,16H,8-11H2,1H3,(H,27,30)/t14-,16-/m1/s1. The molecule has 3 aromatic rings. The van der Waals surface area contributed by atoms with Gasteiger partial charge >= 0.3 is 0 Å². The van der Waals surface area contributed by atoms with E-state index in [2.05, 4.69) is 29.5 Å². The summed E-state index contributed by atoms with van der Waals surface area (Å²) < 4.78 is 29.4. The second kappa shape index (κ2) is 6.00. The van der Waals surface area contributed by atoms with Gasteiger partial charge in [-0.15, -0.1) is 0 Å². The van der Waals surface area contributed by atoms with Crippen LogP contribution < -0.4 is 5.32 Å². The first kappa shape index (κ1) is 17.8. The first-order chi connectivity index (χ1) is 14.5. The highest BCUT2D eigenvalue weighted by Crippen LogP contribution is 2.57. The number of fused-ring (bicyclic) bond motifs is 3. The SMILES string of the molecule is Cc1ccccc1C1(NC(=O)c2nn(-c3ccc(F)cc3F)c3c2C[C@H]2C[C@@H]32)CC1. The van der Waals surface area contributed by atoms with E-state index >= 15 is 0 Å². The Bertz CT molecular complexity index is 1210. The molecular weight excluding hydrogens is 384 g/mol. The number of nitrogens with zero attached hydrogens (tertiary/aromatic N) is 2. The molecule has 2 saturated carbocycles. The molecule has 0 spiro atoms. The maximum atomic E-state index is 14.5. The van der Waals surface area contributed by atoms with E-state index in [0.29, 0.717) is 17.5 Å². The molecule has 2 fully saturated rings. The van der Waals surface area contributed by atoms with E-state index in [1.165, 1.54) is 16.8 Å². The quantitative estimate of drug-likeness (QED) is 0.693. The van der Waals surface area contributed by atoms with Crippen LogP contribution in [0.2, 0.25) is 0 Å². The van der Waals surface area contributed by atoms with Crippen LogP contribution in [-0.4, -0.2) is 15.7 Å². The Kier molecular flexibility index (Phi) is 3.56. The number of amides is 1. The molecule has 1 aromatic heterocycles. The van der Waals surface area contributed by atoms with Crippen molar-refractivity contribution in [3.05, 3.63) is 82.2 Å². The van der Waals surface area contributed by atoms with Gasteiger partial charge in [0.15, 0.2) is 11.5 Å². The lowest BCUT2D eigenvalue weighted by molar-refractivity contribution is 0.0924. The van der Waals surface area contributed by atoms with Crippen molar-refractivity contribution in [3.63, 3.8) is 0 Å². The van der Waals surface area contributed by atoms with Gasteiger partial charge in [0.05, 0.1) is 11.2 Å². The summed E-state index contributed by atoms with van der Waals surface area (Å²) >= 11 is 0. The molecule has 6 heteroatoms. The molecular formula is C24H21F2N3O. The average molecular weight is 405 g/mol. The van der Waals surface area contributed by atoms with Crippen molar-refractivity contribution in [1.29, 1.82) is 0 Å². The van der Waals surface area contributed by atoms with Gasteiger partial charge in [-0.2, -0.15) is 5.10 Å². The molecule has 152 valence electrons. The zero-order chi connectivity index (χ0) is 20.6.